The molecule has 2 N–H and O–H groups in total. The molecule has 0 radical (unpaired) electrons. The average Bonchev–Trinajstić information content (AvgIpc) is 3.06. The van der Waals surface area contributed by atoms with Crippen molar-refractivity contribution in [2.24, 2.45) is 12.0 Å². The third kappa shape index (κ3) is 4.71. The van der Waals surface area contributed by atoms with E-state index in [0.29, 0.717) is 12.6 Å². The molecule has 0 unspecified atom stereocenters. The van der Waals surface area contributed by atoms with Gasteiger partial charge in [-0.15, -0.1) is 0 Å². The first-order valence-electron chi connectivity index (χ1n) is 8.94. The number of anilines is 1. The van der Waals surface area contributed by atoms with Crippen LogP contribution in [-0.4, -0.2) is 46.4 Å². The second kappa shape index (κ2) is 8.50. The van der Waals surface area contributed by atoms with E-state index in [1.807, 2.05) is 7.05 Å². The van der Waals surface area contributed by atoms with Gasteiger partial charge in [0.05, 0.1) is 0 Å². The van der Waals surface area contributed by atoms with Gasteiger partial charge in [0.1, 0.15) is 18.7 Å². The second-order valence-electron chi connectivity index (χ2n) is 6.24. The topological polar surface area (TPSA) is 70.4 Å². The molecule has 2 heterocycles. The summed E-state index contributed by atoms with van der Waals surface area (Å²) >= 11 is 0. The number of hydrogen-bond donors (Lipinski definition) is 2. The quantitative estimate of drug-likeness (QED) is 0.638. The zero-order valence-electron chi connectivity index (χ0n) is 15.0. The van der Waals surface area contributed by atoms with Crippen LogP contribution in [0.3, 0.4) is 0 Å². The monoisotopic (exact) mass is 341 g/mol. The fourth-order valence-corrected chi connectivity index (χ4v) is 3.05. The summed E-state index contributed by atoms with van der Waals surface area (Å²) in [6.45, 7) is 5.56. The van der Waals surface area contributed by atoms with Crippen molar-refractivity contribution >= 4 is 11.6 Å². The number of rotatable bonds is 5. The SMILES string of the molecule is CCNC(=NCc1ncnn1C)NC1CCN(c2ccccc2)CC1. The highest BCUT2D eigenvalue weighted by atomic mass is 15.3. The van der Waals surface area contributed by atoms with Crippen molar-refractivity contribution in [3.05, 3.63) is 42.5 Å². The Morgan fingerprint density at radius 3 is 2.64 bits per heavy atom. The van der Waals surface area contributed by atoms with Gasteiger partial charge < -0.3 is 15.5 Å². The van der Waals surface area contributed by atoms with Crippen molar-refractivity contribution in [1.82, 2.24) is 25.4 Å². The lowest BCUT2D eigenvalue weighted by Crippen LogP contribution is -2.48. The Hall–Kier alpha value is -2.57. The van der Waals surface area contributed by atoms with Crippen LogP contribution in [0, 0.1) is 0 Å². The molecule has 134 valence electrons. The number of guanidine groups is 1. The third-order valence-corrected chi connectivity index (χ3v) is 4.49. The van der Waals surface area contributed by atoms with Gasteiger partial charge in [0, 0.05) is 38.4 Å². The number of aliphatic imine (C=N–C) groups is 1. The van der Waals surface area contributed by atoms with Crippen LogP contribution in [0.25, 0.3) is 0 Å². The van der Waals surface area contributed by atoms with Gasteiger partial charge in [-0.1, -0.05) is 18.2 Å². The van der Waals surface area contributed by atoms with Gasteiger partial charge >= 0.3 is 0 Å². The van der Waals surface area contributed by atoms with E-state index in [9.17, 15) is 0 Å². The van der Waals surface area contributed by atoms with Crippen LogP contribution in [0.1, 0.15) is 25.6 Å². The molecule has 0 saturated carbocycles. The van der Waals surface area contributed by atoms with E-state index in [2.05, 4.69) is 67.9 Å². The van der Waals surface area contributed by atoms with Crippen molar-refractivity contribution in [2.45, 2.75) is 32.4 Å². The van der Waals surface area contributed by atoms with Crippen LogP contribution in [-0.2, 0) is 13.6 Å². The molecule has 0 aliphatic carbocycles. The van der Waals surface area contributed by atoms with Crippen molar-refractivity contribution < 1.29 is 0 Å². The highest BCUT2D eigenvalue weighted by Crippen LogP contribution is 2.19. The maximum atomic E-state index is 4.65. The Balaban J connectivity index is 1.54. The smallest absolute Gasteiger partial charge is 0.191 e. The predicted molar refractivity (Wildman–Crippen MR) is 101 cm³/mol. The Labute approximate surface area is 149 Å². The molecule has 1 aromatic heterocycles. The molecule has 1 aliphatic rings. The maximum Gasteiger partial charge on any atom is 0.191 e. The molecule has 1 aromatic carbocycles. The summed E-state index contributed by atoms with van der Waals surface area (Å²) in [5, 5.41) is 11.0. The molecule has 2 aromatic rings. The van der Waals surface area contributed by atoms with E-state index in [-0.39, 0.29) is 0 Å². The molecule has 0 bridgehead atoms. The molecule has 1 saturated heterocycles. The largest absolute Gasteiger partial charge is 0.371 e. The van der Waals surface area contributed by atoms with Crippen LogP contribution in [0.4, 0.5) is 5.69 Å². The van der Waals surface area contributed by atoms with E-state index in [1.165, 1.54) is 5.69 Å². The van der Waals surface area contributed by atoms with Gasteiger partial charge in [0.25, 0.3) is 0 Å². The summed E-state index contributed by atoms with van der Waals surface area (Å²) in [6.07, 6.45) is 3.76. The number of aromatic nitrogens is 3. The van der Waals surface area contributed by atoms with E-state index >= 15 is 0 Å². The molecule has 0 amide bonds. The standard InChI is InChI=1S/C18H27N7/c1-3-19-18(20-13-17-21-14-22-24(17)2)23-15-9-11-25(12-10-15)16-7-5-4-6-8-16/h4-8,14-15H,3,9-13H2,1-2H3,(H2,19,20,23). The molecule has 1 fully saturated rings. The highest BCUT2D eigenvalue weighted by Gasteiger charge is 2.20. The summed E-state index contributed by atoms with van der Waals surface area (Å²) in [5.74, 6) is 1.71. The van der Waals surface area contributed by atoms with Crippen LogP contribution in [0.15, 0.2) is 41.7 Å². The van der Waals surface area contributed by atoms with Crippen molar-refractivity contribution in [3.8, 4) is 0 Å². The van der Waals surface area contributed by atoms with Crippen molar-refractivity contribution in [1.29, 1.82) is 0 Å². The minimum absolute atomic E-state index is 0.442. The van der Waals surface area contributed by atoms with Crippen LogP contribution in [0.5, 0.6) is 0 Å². The minimum Gasteiger partial charge on any atom is -0.371 e. The summed E-state index contributed by atoms with van der Waals surface area (Å²) in [6, 6.07) is 11.1. The van der Waals surface area contributed by atoms with Gasteiger partial charge in [-0.25, -0.2) is 9.98 Å². The molecule has 3 rings (SSSR count). The first-order valence-corrected chi connectivity index (χ1v) is 8.94. The van der Waals surface area contributed by atoms with Crippen LogP contribution in [0.2, 0.25) is 0 Å². The lowest BCUT2D eigenvalue weighted by molar-refractivity contribution is 0.461. The van der Waals surface area contributed by atoms with Crippen molar-refractivity contribution in [3.63, 3.8) is 0 Å². The first-order chi connectivity index (χ1) is 12.3. The van der Waals surface area contributed by atoms with Gasteiger partial charge in [-0.05, 0) is 31.9 Å². The van der Waals surface area contributed by atoms with Gasteiger partial charge in [0.2, 0.25) is 0 Å². The molecule has 0 atom stereocenters. The molecule has 7 heteroatoms. The number of para-hydroxylation sites is 1. The number of nitrogens with one attached hydrogen (secondary N) is 2. The molecule has 7 nitrogen and oxygen atoms in total. The number of hydrogen-bond acceptors (Lipinski definition) is 4. The lowest BCUT2D eigenvalue weighted by Gasteiger charge is -2.34. The van der Waals surface area contributed by atoms with E-state index in [4.69, 9.17) is 0 Å². The molecular formula is C18H27N7. The maximum absolute atomic E-state index is 4.65. The van der Waals surface area contributed by atoms with E-state index in [1.54, 1.807) is 11.0 Å². The number of aryl methyl sites for hydroxylation is 1. The van der Waals surface area contributed by atoms with Gasteiger partial charge in [0.15, 0.2) is 5.96 Å². The number of benzene rings is 1. The van der Waals surface area contributed by atoms with Gasteiger partial charge in [-0.2, -0.15) is 5.10 Å². The zero-order chi connectivity index (χ0) is 17.5. The average molecular weight is 341 g/mol. The predicted octanol–water partition coefficient (Wildman–Crippen LogP) is 1.54. The molecule has 0 spiro atoms. The van der Waals surface area contributed by atoms with Crippen LogP contribution < -0.4 is 15.5 Å². The Bertz CT molecular complexity index is 672. The normalized spacial score (nSPS) is 16.1. The Morgan fingerprint density at radius 2 is 2.00 bits per heavy atom. The minimum atomic E-state index is 0.442. The fraction of sp³-hybridized carbons (Fsp3) is 0.500. The number of nitrogens with zero attached hydrogens (tertiary/aromatic N) is 5. The lowest BCUT2D eigenvalue weighted by atomic mass is 10.0. The summed E-state index contributed by atoms with van der Waals surface area (Å²) in [4.78, 5) is 11.3. The summed E-state index contributed by atoms with van der Waals surface area (Å²) in [7, 11) is 1.89. The molecule has 1 aliphatic heterocycles. The Kier molecular flexibility index (Phi) is 5.87. The van der Waals surface area contributed by atoms with Gasteiger partial charge in [-0.3, -0.25) is 4.68 Å². The van der Waals surface area contributed by atoms with Crippen molar-refractivity contribution in [2.75, 3.05) is 24.5 Å². The summed E-state index contributed by atoms with van der Waals surface area (Å²) < 4.78 is 1.76. The third-order valence-electron chi connectivity index (χ3n) is 4.49. The second-order valence-corrected chi connectivity index (χ2v) is 6.24. The van der Waals surface area contributed by atoms with E-state index < -0.39 is 0 Å². The highest BCUT2D eigenvalue weighted by molar-refractivity contribution is 5.80. The number of piperidine rings is 1. The van der Waals surface area contributed by atoms with Crippen LogP contribution >= 0.6 is 0 Å². The zero-order valence-corrected chi connectivity index (χ0v) is 15.0. The Morgan fingerprint density at radius 1 is 1.24 bits per heavy atom. The van der Waals surface area contributed by atoms with E-state index in [0.717, 1.165) is 44.3 Å². The molecular weight excluding hydrogens is 314 g/mol. The summed E-state index contributed by atoms with van der Waals surface area (Å²) in [5.41, 5.74) is 1.31. The fourth-order valence-electron chi connectivity index (χ4n) is 3.05. The molecule has 25 heavy (non-hydrogen) atoms. The first kappa shape index (κ1) is 17.3.